The Morgan fingerprint density at radius 1 is 1.04 bits per heavy atom. The smallest absolute Gasteiger partial charge is 0.287 e. The third-order valence-electron chi connectivity index (χ3n) is 4.40. The van der Waals surface area contributed by atoms with Gasteiger partial charge in [0, 0.05) is 17.5 Å². The van der Waals surface area contributed by atoms with Gasteiger partial charge in [0.05, 0.1) is 0 Å². The second-order valence-electron chi connectivity index (χ2n) is 7.11. The summed E-state index contributed by atoms with van der Waals surface area (Å²) in [6, 6.07) is 14.2. The summed E-state index contributed by atoms with van der Waals surface area (Å²) in [5, 5.41) is 3.98. The molecule has 0 saturated carbocycles. The maximum atomic E-state index is 12.7. The van der Waals surface area contributed by atoms with Crippen molar-refractivity contribution in [2.75, 3.05) is 6.54 Å². The van der Waals surface area contributed by atoms with Gasteiger partial charge in [0.25, 0.3) is 5.91 Å². The third kappa shape index (κ3) is 3.76. The van der Waals surface area contributed by atoms with Crippen LogP contribution in [0.5, 0.6) is 0 Å². The van der Waals surface area contributed by atoms with Crippen molar-refractivity contribution in [3.8, 4) is 11.1 Å². The van der Waals surface area contributed by atoms with Gasteiger partial charge in [-0.3, -0.25) is 4.79 Å². The van der Waals surface area contributed by atoms with E-state index >= 15 is 0 Å². The summed E-state index contributed by atoms with van der Waals surface area (Å²) in [5.74, 6) is 0.800. The number of furan rings is 1. The lowest BCUT2D eigenvalue weighted by Gasteiger charge is -2.08. The highest BCUT2D eigenvalue weighted by Crippen LogP contribution is 2.35. The van der Waals surface area contributed by atoms with E-state index in [4.69, 9.17) is 4.42 Å². The number of nitrogens with one attached hydrogen (secondary N) is 1. The summed E-state index contributed by atoms with van der Waals surface area (Å²) in [6.07, 6.45) is 0.949. The van der Waals surface area contributed by atoms with Crippen LogP contribution in [0.2, 0.25) is 0 Å². The molecule has 3 nitrogen and oxygen atoms in total. The molecule has 130 valence electrons. The van der Waals surface area contributed by atoms with Gasteiger partial charge in [-0.2, -0.15) is 0 Å². The van der Waals surface area contributed by atoms with Crippen LogP contribution in [0.4, 0.5) is 0 Å². The molecule has 0 radical (unpaired) electrons. The molecular formula is C22H25NO2. The van der Waals surface area contributed by atoms with Crippen molar-refractivity contribution in [1.29, 1.82) is 0 Å². The van der Waals surface area contributed by atoms with E-state index in [0.29, 0.717) is 18.2 Å². The zero-order chi connectivity index (χ0) is 18.0. The molecular weight excluding hydrogens is 310 g/mol. The Hall–Kier alpha value is -2.55. The van der Waals surface area contributed by atoms with Crippen molar-refractivity contribution in [3.63, 3.8) is 0 Å². The average Bonchev–Trinajstić information content (AvgIpc) is 2.94. The largest absolute Gasteiger partial charge is 0.450 e. The highest BCUT2D eigenvalue weighted by molar-refractivity contribution is 6.08. The Labute approximate surface area is 149 Å². The predicted molar refractivity (Wildman–Crippen MR) is 103 cm³/mol. The molecule has 0 atom stereocenters. The summed E-state index contributed by atoms with van der Waals surface area (Å²) in [6.45, 7) is 9.05. The monoisotopic (exact) mass is 335 g/mol. The number of aryl methyl sites for hydroxylation is 2. The molecule has 3 rings (SSSR count). The summed E-state index contributed by atoms with van der Waals surface area (Å²) in [4.78, 5) is 12.7. The van der Waals surface area contributed by atoms with Crippen LogP contribution in [0.25, 0.3) is 22.1 Å². The molecule has 0 aliphatic heterocycles. The fraction of sp³-hybridized carbons (Fsp3) is 0.318. The van der Waals surface area contributed by atoms with E-state index in [0.717, 1.165) is 34.1 Å². The van der Waals surface area contributed by atoms with Gasteiger partial charge in [0.1, 0.15) is 5.58 Å². The summed E-state index contributed by atoms with van der Waals surface area (Å²) < 4.78 is 5.95. The average molecular weight is 335 g/mol. The number of hydrogen-bond donors (Lipinski definition) is 1. The number of carbonyl (C=O) groups is 1. The first kappa shape index (κ1) is 17.3. The van der Waals surface area contributed by atoms with Gasteiger partial charge in [0.15, 0.2) is 0 Å². The SMILES string of the molecule is Cc1ccc(-c2c(C(=O)NCCC(C)C)oc3ccc(C)cc23)cc1. The van der Waals surface area contributed by atoms with E-state index < -0.39 is 0 Å². The van der Waals surface area contributed by atoms with E-state index in [-0.39, 0.29) is 5.91 Å². The second kappa shape index (κ2) is 7.14. The van der Waals surface area contributed by atoms with Gasteiger partial charge >= 0.3 is 0 Å². The van der Waals surface area contributed by atoms with Crippen LogP contribution in [0.3, 0.4) is 0 Å². The molecule has 0 fully saturated rings. The Bertz CT molecular complexity index is 888. The molecule has 0 unspecified atom stereocenters. The summed E-state index contributed by atoms with van der Waals surface area (Å²) >= 11 is 0. The van der Waals surface area contributed by atoms with Crippen molar-refractivity contribution in [1.82, 2.24) is 5.32 Å². The van der Waals surface area contributed by atoms with Crippen molar-refractivity contribution in [2.45, 2.75) is 34.1 Å². The normalized spacial score (nSPS) is 11.2. The molecule has 3 aromatic rings. The fourth-order valence-corrected chi connectivity index (χ4v) is 2.93. The van der Waals surface area contributed by atoms with Crippen LogP contribution in [-0.2, 0) is 0 Å². The molecule has 0 bridgehead atoms. The van der Waals surface area contributed by atoms with Gasteiger partial charge < -0.3 is 9.73 Å². The minimum atomic E-state index is -0.148. The number of carbonyl (C=O) groups excluding carboxylic acids is 1. The van der Waals surface area contributed by atoms with Crippen LogP contribution >= 0.6 is 0 Å². The first-order valence-electron chi connectivity index (χ1n) is 8.84. The highest BCUT2D eigenvalue weighted by Gasteiger charge is 2.21. The molecule has 1 aromatic heterocycles. The number of benzene rings is 2. The Morgan fingerprint density at radius 2 is 1.72 bits per heavy atom. The molecule has 1 heterocycles. The van der Waals surface area contributed by atoms with Gasteiger partial charge in [0.2, 0.25) is 5.76 Å². The fourth-order valence-electron chi connectivity index (χ4n) is 2.93. The topological polar surface area (TPSA) is 42.2 Å². The second-order valence-corrected chi connectivity index (χ2v) is 7.11. The van der Waals surface area contributed by atoms with Gasteiger partial charge in [-0.1, -0.05) is 55.3 Å². The molecule has 0 saturated heterocycles. The Morgan fingerprint density at radius 3 is 2.40 bits per heavy atom. The van der Waals surface area contributed by atoms with E-state index in [1.165, 1.54) is 5.56 Å². The minimum Gasteiger partial charge on any atom is -0.450 e. The van der Waals surface area contributed by atoms with Gasteiger partial charge in [-0.25, -0.2) is 0 Å². The van der Waals surface area contributed by atoms with Crippen LogP contribution in [-0.4, -0.2) is 12.5 Å². The first-order valence-corrected chi connectivity index (χ1v) is 8.84. The lowest BCUT2D eigenvalue weighted by molar-refractivity contribution is 0.0927. The van der Waals surface area contributed by atoms with E-state index in [1.54, 1.807) is 0 Å². The number of hydrogen-bond acceptors (Lipinski definition) is 2. The van der Waals surface area contributed by atoms with Crippen molar-refractivity contribution in [2.24, 2.45) is 5.92 Å². The number of rotatable bonds is 5. The van der Waals surface area contributed by atoms with E-state index in [2.05, 4.69) is 44.3 Å². The molecule has 2 aromatic carbocycles. The van der Waals surface area contributed by atoms with Gasteiger partial charge in [-0.15, -0.1) is 0 Å². The van der Waals surface area contributed by atoms with E-state index in [1.807, 2.05) is 31.2 Å². The Kier molecular flexibility index (Phi) is 4.93. The van der Waals surface area contributed by atoms with Gasteiger partial charge in [-0.05, 0) is 43.9 Å². The number of fused-ring (bicyclic) bond motifs is 1. The third-order valence-corrected chi connectivity index (χ3v) is 4.40. The molecule has 3 heteroatoms. The number of amides is 1. The quantitative estimate of drug-likeness (QED) is 0.669. The minimum absolute atomic E-state index is 0.148. The maximum absolute atomic E-state index is 12.7. The molecule has 0 aliphatic carbocycles. The highest BCUT2D eigenvalue weighted by atomic mass is 16.3. The Balaban J connectivity index is 2.06. The molecule has 1 amide bonds. The summed E-state index contributed by atoms with van der Waals surface area (Å²) in [5.41, 5.74) is 4.96. The van der Waals surface area contributed by atoms with E-state index in [9.17, 15) is 4.79 Å². The van der Waals surface area contributed by atoms with Crippen LogP contribution in [0.1, 0.15) is 41.9 Å². The summed E-state index contributed by atoms with van der Waals surface area (Å²) in [7, 11) is 0. The van der Waals surface area contributed by atoms with Crippen LogP contribution in [0.15, 0.2) is 46.9 Å². The van der Waals surface area contributed by atoms with Crippen LogP contribution < -0.4 is 5.32 Å². The van der Waals surface area contributed by atoms with Crippen molar-refractivity contribution in [3.05, 3.63) is 59.4 Å². The molecule has 0 aliphatic rings. The van der Waals surface area contributed by atoms with Crippen LogP contribution in [0, 0.1) is 19.8 Å². The zero-order valence-electron chi connectivity index (χ0n) is 15.3. The standard InChI is InChI=1S/C22H25NO2/c1-14(2)11-12-23-22(24)21-20(17-8-5-15(3)6-9-17)18-13-16(4)7-10-19(18)25-21/h5-10,13-14H,11-12H2,1-4H3,(H,23,24). The predicted octanol–water partition coefficient (Wildman–Crippen LogP) is 5.49. The maximum Gasteiger partial charge on any atom is 0.287 e. The first-order chi connectivity index (χ1) is 12.0. The zero-order valence-corrected chi connectivity index (χ0v) is 15.3. The molecule has 25 heavy (non-hydrogen) atoms. The van der Waals surface area contributed by atoms with Crippen molar-refractivity contribution >= 4 is 16.9 Å². The van der Waals surface area contributed by atoms with Crippen molar-refractivity contribution < 1.29 is 9.21 Å². The lowest BCUT2D eigenvalue weighted by atomic mass is 9.99. The molecule has 0 spiro atoms. The molecule has 1 N–H and O–H groups in total. The lowest BCUT2D eigenvalue weighted by Crippen LogP contribution is -2.25.